The first-order valence-corrected chi connectivity index (χ1v) is 27.4. The predicted molar refractivity (Wildman–Crippen MR) is 272 cm³/mol. The molecule has 6 N–H and O–H groups in total. The number of unbranched alkanes of at least 4 members (excludes halogenated alkanes) is 30. The molecule has 1 rings (SSSR count). The van der Waals surface area contributed by atoms with Crippen LogP contribution in [0.1, 0.15) is 245 Å². The van der Waals surface area contributed by atoms with Crippen molar-refractivity contribution >= 4 is 5.91 Å². The average Bonchev–Trinajstić information content (AvgIpc) is 3.31. The summed E-state index contributed by atoms with van der Waals surface area (Å²) in [7, 11) is 0. The van der Waals surface area contributed by atoms with Gasteiger partial charge in [0.15, 0.2) is 6.29 Å². The first-order valence-electron chi connectivity index (χ1n) is 27.4. The van der Waals surface area contributed by atoms with E-state index in [4.69, 9.17) is 9.47 Å². The Bertz CT molecular complexity index is 1160. The molecule has 1 fully saturated rings. The molecule has 7 unspecified atom stereocenters. The van der Waals surface area contributed by atoms with Crippen LogP contribution in [0.3, 0.4) is 0 Å². The molecule has 0 spiro atoms. The van der Waals surface area contributed by atoms with E-state index in [1.165, 1.54) is 161 Å². The van der Waals surface area contributed by atoms with E-state index >= 15 is 0 Å². The van der Waals surface area contributed by atoms with Crippen LogP contribution in [0, 0.1) is 0 Å². The van der Waals surface area contributed by atoms with Gasteiger partial charge in [0.2, 0.25) is 5.91 Å². The van der Waals surface area contributed by atoms with Crippen molar-refractivity contribution in [3.63, 3.8) is 0 Å². The molecule has 1 aliphatic heterocycles. The lowest BCUT2D eigenvalue weighted by molar-refractivity contribution is -0.302. The highest BCUT2D eigenvalue weighted by Gasteiger charge is 2.44. The smallest absolute Gasteiger partial charge is 0.220 e. The van der Waals surface area contributed by atoms with Crippen molar-refractivity contribution in [3.8, 4) is 0 Å². The Morgan fingerprint density at radius 3 is 1.34 bits per heavy atom. The number of hydrogen-bond donors (Lipinski definition) is 6. The number of nitrogens with one attached hydrogen (secondary N) is 1. The third kappa shape index (κ3) is 35.9. The van der Waals surface area contributed by atoms with Crippen molar-refractivity contribution in [2.75, 3.05) is 13.2 Å². The van der Waals surface area contributed by atoms with Crippen molar-refractivity contribution in [2.45, 2.75) is 288 Å². The number of allylic oxidation sites excluding steroid dienone is 7. The van der Waals surface area contributed by atoms with Crippen LogP contribution in [0.25, 0.3) is 0 Å². The molecule has 1 saturated heterocycles. The van der Waals surface area contributed by atoms with Crippen molar-refractivity contribution < 1.29 is 39.8 Å². The molecule has 0 aliphatic carbocycles. The van der Waals surface area contributed by atoms with Gasteiger partial charge in [-0.05, 0) is 57.8 Å². The number of carbonyl (C=O) groups is 1. The lowest BCUT2D eigenvalue weighted by Crippen LogP contribution is -2.60. The van der Waals surface area contributed by atoms with Gasteiger partial charge in [0, 0.05) is 6.42 Å². The minimum absolute atomic E-state index is 0.183. The molecule has 1 amide bonds. The molecule has 1 heterocycles. The number of aliphatic hydroxyl groups excluding tert-OH is 5. The van der Waals surface area contributed by atoms with Crippen molar-refractivity contribution in [2.24, 2.45) is 0 Å². The van der Waals surface area contributed by atoms with E-state index < -0.39 is 49.5 Å². The largest absolute Gasteiger partial charge is 0.394 e. The summed E-state index contributed by atoms with van der Waals surface area (Å²) in [6.45, 7) is 3.78. The zero-order valence-electron chi connectivity index (χ0n) is 42.0. The number of carbonyl (C=O) groups excluding carboxylic acids is 1. The molecular weight excluding hydrogens is 815 g/mol. The average molecular weight is 918 g/mol. The Kier molecular flexibility index (Phi) is 43.2. The molecule has 7 atom stereocenters. The summed E-state index contributed by atoms with van der Waals surface area (Å²) < 4.78 is 11.3. The molecule has 0 aromatic rings. The minimum atomic E-state index is -1.57. The van der Waals surface area contributed by atoms with Gasteiger partial charge >= 0.3 is 0 Å². The Hall–Kier alpha value is -1.85. The van der Waals surface area contributed by atoms with Crippen LogP contribution in [0.15, 0.2) is 48.6 Å². The SMILES string of the molecule is CCCCCCC/C=C\C/C=C\C/C=C\CCCCCCCCCCC(=O)NC(COC1OC(CO)C(O)C(O)C1O)C(O)/C=C/CCCCCCCCCCCCCCCCCCC. The Labute approximate surface area is 399 Å². The fraction of sp³-hybridized carbons (Fsp3) is 0.839. The number of hydrogen-bond acceptors (Lipinski definition) is 8. The molecule has 0 aromatic carbocycles. The van der Waals surface area contributed by atoms with E-state index in [9.17, 15) is 30.3 Å². The van der Waals surface area contributed by atoms with Gasteiger partial charge in [-0.1, -0.05) is 229 Å². The summed E-state index contributed by atoms with van der Waals surface area (Å²) in [5, 5.41) is 54.4. The van der Waals surface area contributed by atoms with Crippen LogP contribution >= 0.6 is 0 Å². The number of rotatable bonds is 46. The van der Waals surface area contributed by atoms with Crippen LogP contribution in [0.5, 0.6) is 0 Å². The van der Waals surface area contributed by atoms with Gasteiger partial charge < -0.3 is 40.3 Å². The van der Waals surface area contributed by atoms with Crippen molar-refractivity contribution in [3.05, 3.63) is 48.6 Å². The van der Waals surface area contributed by atoms with Gasteiger partial charge in [-0.3, -0.25) is 4.79 Å². The summed E-state index contributed by atoms with van der Waals surface area (Å²) in [5.41, 5.74) is 0. The first-order chi connectivity index (χ1) is 31.8. The summed E-state index contributed by atoms with van der Waals surface area (Å²) >= 11 is 0. The molecule has 0 radical (unpaired) electrons. The van der Waals surface area contributed by atoms with Crippen LogP contribution in [-0.2, 0) is 14.3 Å². The standard InChI is InChI=1S/C56H103NO8/c1-3-5-7-9-11-13-15-17-19-21-23-24-25-26-28-30-32-34-36-38-40-42-44-46-52(60)57-49(48-64-56-55(63)54(62)53(61)51(47-58)65-56)50(59)45-43-41-39-37-35-33-31-29-27-22-20-18-16-14-12-10-8-6-4-2/h15,17,21,23,25-26,43,45,49-51,53-56,58-59,61-63H,3-14,16,18-20,22,24,27-42,44,46-48H2,1-2H3,(H,57,60)/b17-15-,23-21-,26-25-,45-43+. The van der Waals surface area contributed by atoms with Gasteiger partial charge in [-0.25, -0.2) is 0 Å². The van der Waals surface area contributed by atoms with Gasteiger partial charge in [0.05, 0.1) is 25.4 Å². The van der Waals surface area contributed by atoms with Gasteiger partial charge in [-0.2, -0.15) is 0 Å². The van der Waals surface area contributed by atoms with E-state index in [2.05, 4.69) is 55.6 Å². The second kappa shape index (κ2) is 45.9. The summed E-state index contributed by atoms with van der Waals surface area (Å²) in [6, 6.07) is -0.810. The molecule has 0 bridgehead atoms. The highest BCUT2D eigenvalue weighted by Crippen LogP contribution is 2.23. The van der Waals surface area contributed by atoms with Crippen LogP contribution in [-0.4, -0.2) is 87.5 Å². The maximum atomic E-state index is 13.0. The van der Waals surface area contributed by atoms with E-state index in [-0.39, 0.29) is 12.5 Å². The zero-order chi connectivity index (χ0) is 47.3. The molecule has 0 aromatic heterocycles. The highest BCUT2D eigenvalue weighted by molar-refractivity contribution is 5.76. The molecule has 380 valence electrons. The molecule has 9 heteroatoms. The lowest BCUT2D eigenvalue weighted by atomic mass is 9.99. The number of ether oxygens (including phenoxy) is 2. The maximum absolute atomic E-state index is 13.0. The third-order valence-electron chi connectivity index (χ3n) is 12.9. The molecule has 0 saturated carbocycles. The Morgan fingerprint density at radius 2 is 0.908 bits per heavy atom. The van der Waals surface area contributed by atoms with Gasteiger partial charge in [0.1, 0.15) is 24.4 Å². The molecular formula is C56H103NO8. The fourth-order valence-electron chi connectivity index (χ4n) is 8.52. The normalized spacial score (nSPS) is 20.3. The second-order valence-corrected chi connectivity index (χ2v) is 19.0. The molecule has 9 nitrogen and oxygen atoms in total. The van der Waals surface area contributed by atoms with E-state index in [1.54, 1.807) is 6.08 Å². The number of amides is 1. The summed E-state index contributed by atoms with van der Waals surface area (Å²) in [5.74, 6) is -0.183. The summed E-state index contributed by atoms with van der Waals surface area (Å²) in [4.78, 5) is 13.0. The topological polar surface area (TPSA) is 149 Å². The second-order valence-electron chi connectivity index (χ2n) is 19.0. The van der Waals surface area contributed by atoms with Crippen molar-refractivity contribution in [1.82, 2.24) is 5.32 Å². The zero-order valence-corrected chi connectivity index (χ0v) is 42.0. The fourth-order valence-corrected chi connectivity index (χ4v) is 8.52. The molecule has 1 aliphatic rings. The van der Waals surface area contributed by atoms with E-state index in [0.717, 1.165) is 64.2 Å². The molecule has 65 heavy (non-hydrogen) atoms. The third-order valence-corrected chi connectivity index (χ3v) is 12.9. The van der Waals surface area contributed by atoms with Crippen LogP contribution in [0.2, 0.25) is 0 Å². The first kappa shape index (κ1) is 61.2. The summed E-state index contributed by atoms with van der Waals surface area (Å²) in [6.07, 6.45) is 53.0. The highest BCUT2D eigenvalue weighted by atomic mass is 16.7. The monoisotopic (exact) mass is 918 g/mol. The van der Waals surface area contributed by atoms with Crippen molar-refractivity contribution in [1.29, 1.82) is 0 Å². The van der Waals surface area contributed by atoms with Crippen LogP contribution < -0.4 is 5.32 Å². The Morgan fingerprint density at radius 1 is 0.523 bits per heavy atom. The van der Waals surface area contributed by atoms with E-state index in [1.807, 2.05) is 6.08 Å². The van der Waals surface area contributed by atoms with Crippen LogP contribution in [0.4, 0.5) is 0 Å². The quantitative estimate of drug-likeness (QED) is 0.0261. The van der Waals surface area contributed by atoms with E-state index in [0.29, 0.717) is 6.42 Å². The van der Waals surface area contributed by atoms with Gasteiger partial charge in [-0.15, -0.1) is 0 Å². The number of aliphatic hydroxyl groups is 5. The predicted octanol–water partition coefficient (Wildman–Crippen LogP) is 13.0. The van der Waals surface area contributed by atoms with Gasteiger partial charge in [0.25, 0.3) is 0 Å². The lowest BCUT2D eigenvalue weighted by Gasteiger charge is -2.40. The Balaban J connectivity index is 2.28. The maximum Gasteiger partial charge on any atom is 0.220 e. The minimum Gasteiger partial charge on any atom is -0.394 e.